The minimum Gasteiger partial charge on any atom is -0.360 e. The third-order valence-corrected chi connectivity index (χ3v) is 2.97. The summed E-state index contributed by atoms with van der Waals surface area (Å²) in [6.07, 6.45) is 4.06. The average molecular weight is 253 g/mol. The number of nitrogens with two attached hydrogens (primary N) is 1. The van der Waals surface area contributed by atoms with Crippen molar-refractivity contribution in [1.29, 1.82) is 0 Å². The van der Waals surface area contributed by atoms with Crippen LogP contribution in [0.1, 0.15) is 12.0 Å². The third-order valence-electron chi connectivity index (χ3n) is 2.34. The second-order valence-electron chi connectivity index (χ2n) is 3.41. The fraction of sp³-hybridized carbons (Fsp3) is 0.273. The molecule has 0 radical (unpaired) electrons. The Hall–Kier alpha value is -0.800. The first-order valence-corrected chi connectivity index (χ1v) is 5.56. The van der Waals surface area contributed by atoms with Gasteiger partial charge < -0.3 is 10.7 Å². The molecule has 0 fully saturated rings. The summed E-state index contributed by atoms with van der Waals surface area (Å²) in [5.41, 5.74) is 8.00. The van der Waals surface area contributed by atoms with E-state index < -0.39 is 0 Å². The Morgan fingerprint density at radius 3 is 3.00 bits per heavy atom. The molecule has 2 nitrogen and oxygen atoms in total. The van der Waals surface area contributed by atoms with Crippen LogP contribution in [0.2, 0.25) is 0 Å². The zero-order chi connectivity index (χ0) is 9.97. The van der Waals surface area contributed by atoms with Crippen LogP contribution < -0.4 is 5.73 Å². The Labute approximate surface area is 91.6 Å². The molecule has 2 rings (SSSR count). The highest BCUT2D eigenvalue weighted by molar-refractivity contribution is 9.10. The monoisotopic (exact) mass is 252 g/mol. The largest absolute Gasteiger partial charge is 0.360 e. The molecule has 14 heavy (non-hydrogen) atoms. The number of hydrogen-bond donors (Lipinski definition) is 2. The Morgan fingerprint density at radius 2 is 2.21 bits per heavy atom. The van der Waals surface area contributed by atoms with E-state index in [9.17, 15) is 0 Å². The third kappa shape index (κ3) is 1.83. The number of benzene rings is 1. The van der Waals surface area contributed by atoms with Crippen LogP contribution >= 0.6 is 15.9 Å². The van der Waals surface area contributed by atoms with Crippen molar-refractivity contribution >= 4 is 26.8 Å². The Kier molecular flexibility index (Phi) is 2.89. The minimum atomic E-state index is 0.753. The molecular formula is C11H13BrN2. The lowest BCUT2D eigenvalue weighted by Gasteiger charge is -2.02. The first-order chi connectivity index (χ1) is 6.81. The number of aromatic amines is 1. The summed E-state index contributed by atoms with van der Waals surface area (Å²) in [5, 5.41) is 1.26. The second-order valence-corrected chi connectivity index (χ2v) is 4.27. The van der Waals surface area contributed by atoms with E-state index in [1.807, 2.05) is 6.20 Å². The minimum absolute atomic E-state index is 0.753. The first kappa shape index (κ1) is 9.74. The van der Waals surface area contributed by atoms with Gasteiger partial charge in [-0.1, -0.05) is 0 Å². The summed E-state index contributed by atoms with van der Waals surface area (Å²) in [5.74, 6) is 0. The summed E-state index contributed by atoms with van der Waals surface area (Å²) in [7, 11) is 0. The van der Waals surface area contributed by atoms with Gasteiger partial charge in [-0.2, -0.15) is 0 Å². The van der Waals surface area contributed by atoms with Gasteiger partial charge in [0.1, 0.15) is 0 Å². The van der Waals surface area contributed by atoms with Gasteiger partial charge in [-0.15, -0.1) is 0 Å². The molecule has 0 bridgehead atoms. The summed E-state index contributed by atoms with van der Waals surface area (Å²) in [6, 6.07) is 6.47. The molecular weight excluding hydrogens is 240 g/mol. The van der Waals surface area contributed by atoms with Crippen LogP contribution in [0.4, 0.5) is 0 Å². The average Bonchev–Trinajstić information content (AvgIpc) is 2.63. The smallest absolute Gasteiger partial charge is 0.0598 e. The maximum atomic E-state index is 5.49. The van der Waals surface area contributed by atoms with Crippen molar-refractivity contribution < 1.29 is 0 Å². The van der Waals surface area contributed by atoms with Crippen LogP contribution in [0.5, 0.6) is 0 Å². The lowest BCUT2D eigenvalue weighted by molar-refractivity contribution is 0.833. The molecule has 1 heterocycles. The molecule has 1 aromatic carbocycles. The SMILES string of the molecule is NCCCc1cc(Br)c2[nH]ccc2c1. The molecule has 0 aliphatic rings. The zero-order valence-corrected chi connectivity index (χ0v) is 9.47. The van der Waals surface area contributed by atoms with Gasteiger partial charge in [0.25, 0.3) is 0 Å². The number of nitrogens with one attached hydrogen (secondary N) is 1. The molecule has 0 saturated carbocycles. The summed E-state index contributed by atoms with van der Waals surface area (Å²) in [6.45, 7) is 0.753. The summed E-state index contributed by atoms with van der Waals surface area (Å²) >= 11 is 3.56. The topological polar surface area (TPSA) is 41.8 Å². The van der Waals surface area contributed by atoms with Crippen molar-refractivity contribution in [3.05, 3.63) is 34.4 Å². The van der Waals surface area contributed by atoms with Gasteiger partial charge >= 0.3 is 0 Å². The predicted octanol–water partition coefficient (Wildman–Crippen LogP) is 2.82. The summed E-state index contributed by atoms with van der Waals surface area (Å²) in [4.78, 5) is 3.20. The fourth-order valence-electron chi connectivity index (χ4n) is 1.64. The second kappa shape index (κ2) is 4.15. The molecule has 0 spiro atoms. The van der Waals surface area contributed by atoms with E-state index in [0.29, 0.717) is 0 Å². The van der Waals surface area contributed by atoms with E-state index in [4.69, 9.17) is 5.73 Å². The Morgan fingerprint density at radius 1 is 1.36 bits per heavy atom. The highest BCUT2D eigenvalue weighted by atomic mass is 79.9. The number of rotatable bonds is 3. The highest BCUT2D eigenvalue weighted by Crippen LogP contribution is 2.25. The zero-order valence-electron chi connectivity index (χ0n) is 7.89. The number of aromatic nitrogens is 1. The number of hydrogen-bond acceptors (Lipinski definition) is 1. The van der Waals surface area contributed by atoms with E-state index in [1.165, 1.54) is 16.5 Å². The molecule has 3 N–H and O–H groups in total. The molecule has 0 amide bonds. The molecule has 0 atom stereocenters. The van der Waals surface area contributed by atoms with Crippen LogP contribution in [0, 0.1) is 0 Å². The lowest BCUT2D eigenvalue weighted by Crippen LogP contribution is -2.00. The van der Waals surface area contributed by atoms with Crippen molar-refractivity contribution in [3.63, 3.8) is 0 Å². The van der Waals surface area contributed by atoms with Gasteiger partial charge in [0, 0.05) is 16.1 Å². The predicted molar refractivity (Wildman–Crippen MR) is 63.4 cm³/mol. The molecule has 0 unspecified atom stereocenters. The van der Waals surface area contributed by atoms with Crippen molar-refractivity contribution in [2.75, 3.05) is 6.54 Å². The fourth-order valence-corrected chi connectivity index (χ4v) is 2.27. The maximum absolute atomic E-state index is 5.49. The molecule has 0 aliphatic carbocycles. The van der Waals surface area contributed by atoms with Crippen LogP contribution in [0.15, 0.2) is 28.9 Å². The van der Waals surface area contributed by atoms with Crippen LogP contribution in [-0.2, 0) is 6.42 Å². The van der Waals surface area contributed by atoms with Crippen molar-refractivity contribution in [1.82, 2.24) is 4.98 Å². The van der Waals surface area contributed by atoms with Gasteiger partial charge in [0.05, 0.1) is 5.52 Å². The number of H-pyrrole nitrogens is 1. The summed E-state index contributed by atoms with van der Waals surface area (Å²) < 4.78 is 1.13. The number of fused-ring (bicyclic) bond motifs is 1. The van der Waals surface area contributed by atoms with Gasteiger partial charge in [-0.05, 0) is 59.1 Å². The van der Waals surface area contributed by atoms with E-state index in [2.05, 4.69) is 39.1 Å². The van der Waals surface area contributed by atoms with Crippen LogP contribution in [0.25, 0.3) is 10.9 Å². The van der Waals surface area contributed by atoms with Gasteiger partial charge in [0.15, 0.2) is 0 Å². The first-order valence-electron chi connectivity index (χ1n) is 4.77. The Balaban J connectivity index is 2.38. The van der Waals surface area contributed by atoms with Gasteiger partial charge in [0.2, 0.25) is 0 Å². The van der Waals surface area contributed by atoms with E-state index in [0.717, 1.165) is 23.9 Å². The maximum Gasteiger partial charge on any atom is 0.0598 e. The van der Waals surface area contributed by atoms with Gasteiger partial charge in [-0.25, -0.2) is 0 Å². The van der Waals surface area contributed by atoms with Crippen molar-refractivity contribution in [2.45, 2.75) is 12.8 Å². The van der Waals surface area contributed by atoms with E-state index >= 15 is 0 Å². The quantitative estimate of drug-likeness (QED) is 0.867. The normalized spacial score (nSPS) is 11.0. The standard InChI is InChI=1S/C11H13BrN2/c12-10-7-8(2-1-4-13)6-9-3-5-14-11(9)10/h3,5-7,14H,1-2,4,13H2. The molecule has 0 saturated heterocycles. The highest BCUT2D eigenvalue weighted by Gasteiger charge is 2.02. The van der Waals surface area contributed by atoms with E-state index in [-0.39, 0.29) is 0 Å². The molecule has 0 aliphatic heterocycles. The van der Waals surface area contributed by atoms with Crippen molar-refractivity contribution in [2.24, 2.45) is 5.73 Å². The van der Waals surface area contributed by atoms with E-state index in [1.54, 1.807) is 0 Å². The van der Waals surface area contributed by atoms with Crippen LogP contribution in [-0.4, -0.2) is 11.5 Å². The molecule has 3 heteroatoms. The van der Waals surface area contributed by atoms with Crippen LogP contribution in [0.3, 0.4) is 0 Å². The number of aryl methyl sites for hydroxylation is 1. The number of halogens is 1. The lowest BCUT2D eigenvalue weighted by atomic mass is 10.1. The van der Waals surface area contributed by atoms with Gasteiger partial charge in [-0.3, -0.25) is 0 Å². The van der Waals surface area contributed by atoms with Crippen molar-refractivity contribution in [3.8, 4) is 0 Å². The Bertz CT molecular complexity index is 434. The molecule has 1 aromatic heterocycles. The molecule has 2 aromatic rings. The molecule has 74 valence electrons.